The lowest BCUT2D eigenvalue weighted by Crippen LogP contribution is -2.50. The van der Waals surface area contributed by atoms with Crippen LogP contribution in [-0.4, -0.2) is 61.0 Å². The van der Waals surface area contributed by atoms with Gasteiger partial charge in [0.2, 0.25) is 5.91 Å². The number of hydrogen-bond donors (Lipinski definition) is 2. The number of rotatable bonds is 6. The lowest BCUT2D eigenvalue weighted by Gasteiger charge is -2.37. The van der Waals surface area contributed by atoms with Gasteiger partial charge in [0.05, 0.1) is 5.92 Å². The maximum absolute atomic E-state index is 13.0. The van der Waals surface area contributed by atoms with E-state index in [0.717, 1.165) is 31.6 Å². The topological polar surface area (TPSA) is 64.7 Å². The van der Waals surface area contributed by atoms with Gasteiger partial charge < -0.3 is 20.4 Å². The predicted octanol–water partition coefficient (Wildman–Crippen LogP) is 4.19. The third-order valence-corrected chi connectivity index (χ3v) is 6.62. The van der Waals surface area contributed by atoms with Crippen LogP contribution in [0.3, 0.4) is 0 Å². The van der Waals surface area contributed by atoms with Crippen LogP contribution in [-0.2, 0) is 4.79 Å². The number of piperidine rings is 1. The molecule has 4 rings (SSSR count). The van der Waals surface area contributed by atoms with Gasteiger partial charge >= 0.3 is 6.03 Å². The van der Waals surface area contributed by atoms with Crippen LogP contribution >= 0.6 is 11.6 Å². The molecule has 0 aliphatic carbocycles. The Morgan fingerprint density at radius 2 is 1.78 bits per heavy atom. The molecule has 2 aliphatic heterocycles. The van der Waals surface area contributed by atoms with Crippen molar-refractivity contribution in [2.45, 2.75) is 25.2 Å². The minimum Gasteiger partial charge on any atom is -0.355 e. The summed E-state index contributed by atoms with van der Waals surface area (Å²) in [5, 5.41) is 6.61. The lowest BCUT2D eigenvalue weighted by molar-refractivity contribution is -0.126. The van der Waals surface area contributed by atoms with Crippen LogP contribution in [0.2, 0.25) is 5.02 Å². The Balaban J connectivity index is 1.42. The molecule has 0 unspecified atom stereocenters. The summed E-state index contributed by atoms with van der Waals surface area (Å²) < 4.78 is 0. The first-order valence-corrected chi connectivity index (χ1v) is 11.8. The van der Waals surface area contributed by atoms with Crippen molar-refractivity contribution in [3.8, 4) is 0 Å². The molecule has 7 heteroatoms. The molecule has 170 valence electrons. The van der Waals surface area contributed by atoms with Gasteiger partial charge in [-0.05, 0) is 56.1 Å². The van der Waals surface area contributed by atoms with Crippen LogP contribution in [0.15, 0.2) is 54.6 Å². The maximum atomic E-state index is 13.0. The molecule has 2 aromatic carbocycles. The number of carbonyl (C=O) groups is 2. The van der Waals surface area contributed by atoms with E-state index in [1.807, 2.05) is 24.3 Å². The second-order valence-corrected chi connectivity index (χ2v) is 9.16. The molecule has 2 aromatic rings. The largest absolute Gasteiger partial charge is 0.355 e. The normalized spacial score (nSPS) is 21.3. The standard InChI is InChI=1S/C25H31ClN4O2/c26-22-9-6-10-23(16-22)28-25(32)30-17-20(19-7-2-1-3-8-19)15-21(18-30)24(31)27-11-14-29-12-4-5-13-29/h1-3,6-10,16,20-21H,4-5,11-15,17-18H2,(H,27,31)(H,28,32)/t20-,21+/m1/s1. The molecule has 0 aromatic heterocycles. The van der Waals surface area contributed by atoms with E-state index in [-0.39, 0.29) is 23.8 Å². The van der Waals surface area contributed by atoms with Crippen LogP contribution in [0.5, 0.6) is 0 Å². The third-order valence-electron chi connectivity index (χ3n) is 6.38. The fourth-order valence-corrected chi connectivity index (χ4v) is 4.87. The number of amides is 3. The van der Waals surface area contributed by atoms with E-state index >= 15 is 0 Å². The van der Waals surface area contributed by atoms with Gasteiger partial charge in [0.1, 0.15) is 0 Å². The highest BCUT2D eigenvalue weighted by Crippen LogP contribution is 2.31. The molecule has 2 N–H and O–H groups in total. The van der Waals surface area contributed by atoms with Gasteiger partial charge in [0.15, 0.2) is 0 Å². The Labute approximate surface area is 194 Å². The van der Waals surface area contributed by atoms with Gasteiger partial charge in [0.25, 0.3) is 0 Å². The Morgan fingerprint density at radius 1 is 1.00 bits per heavy atom. The van der Waals surface area contributed by atoms with Crippen molar-refractivity contribution in [3.63, 3.8) is 0 Å². The number of likely N-dealkylation sites (tertiary alicyclic amines) is 2. The van der Waals surface area contributed by atoms with Gasteiger partial charge in [-0.25, -0.2) is 4.79 Å². The molecule has 2 atom stereocenters. The van der Waals surface area contributed by atoms with Crippen molar-refractivity contribution in [1.82, 2.24) is 15.1 Å². The molecule has 6 nitrogen and oxygen atoms in total. The zero-order valence-corrected chi connectivity index (χ0v) is 19.1. The van der Waals surface area contributed by atoms with Crippen molar-refractivity contribution in [1.29, 1.82) is 0 Å². The van der Waals surface area contributed by atoms with E-state index in [1.165, 1.54) is 12.8 Å². The highest BCUT2D eigenvalue weighted by atomic mass is 35.5. The van der Waals surface area contributed by atoms with E-state index in [9.17, 15) is 9.59 Å². The molecule has 3 amide bonds. The lowest BCUT2D eigenvalue weighted by atomic mass is 9.84. The fourth-order valence-electron chi connectivity index (χ4n) is 4.68. The molecule has 2 aliphatic rings. The smallest absolute Gasteiger partial charge is 0.321 e. The van der Waals surface area contributed by atoms with Crippen molar-refractivity contribution in [2.75, 3.05) is 44.6 Å². The van der Waals surface area contributed by atoms with Crippen molar-refractivity contribution in [2.24, 2.45) is 5.92 Å². The Kier molecular flexibility index (Phi) is 7.66. The molecule has 0 bridgehead atoms. The minimum atomic E-state index is -0.238. The number of anilines is 1. The van der Waals surface area contributed by atoms with Crippen molar-refractivity contribution in [3.05, 3.63) is 65.2 Å². The summed E-state index contributed by atoms with van der Waals surface area (Å²) in [6.07, 6.45) is 3.22. The van der Waals surface area contributed by atoms with Crippen LogP contribution in [0.1, 0.15) is 30.7 Å². The number of carbonyl (C=O) groups excluding carboxylic acids is 2. The predicted molar refractivity (Wildman–Crippen MR) is 128 cm³/mol. The number of urea groups is 1. The Morgan fingerprint density at radius 3 is 2.53 bits per heavy atom. The van der Waals surface area contributed by atoms with Crippen LogP contribution in [0.4, 0.5) is 10.5 Å². The summed E-state index contributed by atoms with van der Waals surface area (Å²) in [4.78, 5) is 30.2. The van der Waals surface area contributed by atoms with Crippen molar-refractivity contribution >= 4 is 29.2 Å². The molecule has 0 spiro atoms. The molecule has 2 fully saturated rings. The summed E-state index contributed by atoms with van der Waals surface area (Å²) in [5.74, 6) is -0.0903. The van der Waals surface area contributed by atoms with Crippen molar-refractivity contribution < 1.29 is 9.59 Å². The first kappa shape index (κ1) is 22.6. The van der Waals surface area contributed by atoms with E-state index in [2.05, 4.69) is 27.7 Å². The number of hydrogen-bond acceptors (Lipinski definition) is 3. The van der Waals surface area contributed by atoms with Crippen LogP contribution < -0.4 is 10.6 Å². The molecular weight excluding hydrogens is 424 g/mol. The van der Waals surface area contributed by atoms with E-state index in [1.54, 1.807) is 23.1 Å². The quantitative estimate of drug-likeness (QED) is 0.687. The van der Waals surface area contributed by atoms with Crippen LogP contribution in [0.25, 0.3) is 0 Å². The molecule has 0 saturated carbocycles. The minimum absolute atomic E-state index is 0.0328. The second kappa shape index (κ2) is 10.8. The third kappa shape index (κ3) is 6.02. The number of halogens is 1. The first-order chi connectivity index (χ1) is 15.6. The highest BCUT2D eigenvalue weighted by molar-refractivity contribution is 6.30. The van der Waals surface area contributed by atoms with Gasteiger partial charge in [-0.3, -0.25) is 4.79 Å². The summed E-state index contributed by atoms with van der Waals surface area (Å²) in [6, 6.07) is 17.0. The van der Waals surface area contributed by atoms with Gasteiger partial charge in [-0.15, -0.1) is 0 Å². The Hall–Kier alpha value is -2.57. The molecule has 0 radical (unpaired) electrons. The summed E-state index contributed by atoms with van der Waals surface area (Å²) in [7, 11) is 0. The summed E-state index contributed by atoms with van der Waals surface area (Å²) in [6.45, 7) is 4.76. The Bertz CT molecular complexity index is 917. The van der Waals surface area contributed by atoms with Gasteiger partial charge in [-0.1, -0.05) is 48.0 Å². The molecule has 32 heavy (non-hydrogen) atoms. The zero-order chi connectivity index (χ0) is 22.3. The number of benzene rings is 2. The zero-order valence-electron chi connectivity index (χ0n) is 18.3. The monoisotopic (exact) mass is 454 g/mol. The maximum Gasteiger partial charge on any atom is 0.321 e. The van der Waals surface area contributed by atoms with Crippen LogP contribution in [0, 0.1) is 5.92 Å². The molecular formula is C25H31ClN4O2. The highest BCUT2D eigenvalue weighted by Gasteiger charge is 2.34. The van der Waals surface area contributed by atoms with E-state index in [0.29, 0.717) is 30.3 Å². The summed E-state index contributed by atoms with van der Waals surface area (Å²) >= 11 is 6.06. The second-order valence-electron chi connectivity index (χ2n) is 8.73. The average molecular weight is 455 g/mol. The van der Waals surface area contributed by atoms with Gasteiger partial charge in [-0.2, -0.15) is 0 Å². The first-order valence-electron chi connectivity index (χ1n) is 11.4. The summed E-state index contributed by atoms with van der Waals surface area (Å²) in [5.41, 5.74) is 1.80. The van der Waals surface area contributed by atoms with Gasteiger partial charge in [0, 0.05) is 42.8 Å². The number of nitrogens with zero attached hydrogens (tertiary/aromatic N) is 2. The molecule has 2 heterocycles. The average Bonchev–Trinajstić information content (AvgIpc) is 3.33. The molecule has 2 saturated heterocycles. The van der Waals surface area contributed by atoms with E-state index in [4.69, 9.17) is 11.6 Å². The SMILES string of the molecule is O=C(NCCN1CCCC1)[C@H]1C[C@@H](c2ccccc2)CN(C(=O)Nc2cccc(Cl)c2)C1. The fraction of sp³-hybridized carbons (Fsp3) is 0.440. The number of nitrogens with one attached hydrogen (secondary N) is 2. The van der Waals surface area contributed by atoms with E-state index < -0.39 is 0 Å².